The van der Waals surface area contributed by atoms with Gasteiger partial charge in [-0.2, -0.15) is 0 Å². The molecule has 2 aromatic rings. The monoisotopic (exact) mass is 273 g/mol. The van der Waals surface area contributed by atoms with Gasteiger partial charge >= 0.3 is 0 Å². The first-order valence-corrected chi connectivity index (χ1v) is 7.09. The summed E-state index contributed by atoms with van der Waals surface area (Å²) in [6.07, 6.45) is 2.29. The van der Waals surface area contributed by atoms with Crippen LogP contribution in [0.1, 0.15) is 18.7 Å². The average molecular weight is 273 g/mol. The fourth-order valence-corrected chi connectivity index (χ4v) is 2.58. The summed E-state index contributed by atoms with van der Waals surface area (Å²) in [6, 6.07) is 7.34. The average Bonchev–Trinajstić information content (AvgIpc) is 2.97. The van der Waals surface area contributed by atoms with Crippen LogP contribution in [0.25, 0.3) is 10.9 Å². The van der Waals surface area contributed by atoms with E-state index in [1.807, 2.05) is 18.2 Å². The van der Waals surface area contributed by atoms with Crippen LogP contribution in [0, 0.1) is 5.92 Å². The second kappa shape index (κ2) is 6.15. The third kappa shape index (κ3) is 3.05. The molecule has 5 nitrogen and oxygen atoms in total. The van der Waals surface area contributed by atoms with Crippen molar-refractivity contribution < 1.29 is 4.74 Å². The van der Waals surface area contributed by atoms with Crippen LogP contribution >= 0.6 is 0 Å². The number of aromatic nitrogens is 2. The molecular formula is C15H19N3O2. The molecule has 0 spiro atoms. The topological polar surface area (TPSA) is 67.0 Å². The zero-order valence-electron chi connectivity index (χ0n) is 11.4. The van der Waals surface area contributed by atoms with Gasteiger partial charge in [0.25, 0.3) is 5.56 Å². The minimum Gasteiger partial charge on any atom is -0.374 e. The highest BCUT2D eigenvalue weighted by molar-refractivity contribution is 5.77. The van der Waals surface area contributed by atoms with Gasteiger partial charge < -0.3 is 15.0 Å². The number of nitrogens with zero attached hydrogens (tertiary/aromatic N) is 1. The Morgan fingerprint density at radius 3 is 3.10 bits per heavy atom. The summed E-state index contributed by atoms with van der Waals surface area (Å²) >= 11 is 0. The number of hydrogen-bond donors (Lipinski definition) is 2. The number of hydrogen-bond acceptors (Lipinski definition) is 4. The van der Waals surface area contributed by atoms with E-state index in [1.165, 1.54) is 6.42 Å². The molecule has 1 aliphatic rings. The number of fused-ring (bicyclic) bond motifs is 1. The summed E-state index contributed by atoms with van der Waals surface area (Å²) in [5, 5.41) is 3.96. The molecule has 2 heterocycles. The largest absolute Gasteiger partial charge is 0.374 e. The molecule has 1 atom stereocenters. The highest BCUT2D eigenvalue weighted by Gasteiger charge is 2.13. The first kappa shape index (κ1) is 13.3. The lowest BCUT2D eigenvalue weighted by molar-refractivity contribution is 0.104. The van der Waals surface area contributed by atoms with Crippen molar-refractivity contribution in [2.24, 2.45) is 5.92 Å². The predicted octanol–water partition coefficient (Wildman–Crippen LogP) is 1.44. The molecule has 0 amide bonds. The summed E-state index contributed by atoms with van der Waals surface area (Å²) in [6.45, 7) is 3.28. The van der Waals surface area contributed by atoms with Crippen molar-refractivity contribution in [2.75, 3.05) is 19.7 Å². The Morgan fingerprint density at radius 2 is 2.25 bits per heavy atom. The molecule has 2 N–H and O–H groups in total. The molecule has 1 saturated heterocycles. The first-order chi connectivity index (χ1) is 9.83. The minimum absolute atomic E-state index is 0.103. The Hall–Kier alpha value is -1.72. The van der Waals surface area contributed by atoms with Crippen molar-refractivity contribution in [3.8, 4) is 0 Å². The predicted molar refractivity (Wildman–Crippen MR) is 77.6 cm³/mol. The van der Waals surface area contributed by atoms with Crippen LogP contribution in [0.3, 0.4) is 0 Å². The van der Waals surface area contributed by atoms with E-state index in [9.17, 15) is 4.79 Å². The molecule has 1 aromatic carbocycles. The van der Waals surface area contributed by atoms with Crippen molar-refractivity contribution in [3.05, 3.63) is 40.4 Å². The number of H-pyrrole nitrogens is 1. The Kier molecular flexibility index (Phi) is 4.08. The molecule has 0 saturated carbocycles. The molecule has 5 heteroatoms. The maximum Gasteiger partial charge on any atom is 0.258 e. The Bertz CT molecular complexity index is 632. The number of rotatable bonds is 5. The molecule has 0 radical (unpaired) electrons. The lowest BCUT2D eigenvalue weighted by atomic mass is 10.1. The molecule has 1 aliphatic heterocycles. The Morgan fingerprint density at radius 1 is 1.35 bits per heavy atom. The summed E-state index contributed by atoms with van der Waals surface area (Å²) in [4.78, 5) is 19.1. The van der Waals surface area contributed by atoms with Crippen molar-refractivity contribution >= 4 is 10.9 Å². The van der Waals surface area contributed by atoms with Crippen LogP contribution in [0.2, 0.25) is 0 Å². The molecule has 1 aromatic heterocycles. The minimum atomic E-state index is -0.103. The van der Waals surface area contributed by atoms with E-state index in [2.05, 4.69) is 15.3 Å². The summed E-state index contributed by atoms with van der Waals surface area (Å²) in [5.41, 5.74) is 0.615. The van der Waals surface area contributed by atoms with E-state index in [0.717, 1.165) is 30.9 Å². The molecule has 3 rings (SSSR count). The van der Waals surface area contributed by atoms with E-state index in [4.69, 9.17) is 4.74 Å². The van der Waals surface area contributed by atoms with Gasteiger partial charge in [0.05, 0.1) is 10.9 Å². The van der Waals surface area contributed by atoms with E-state index in [1.54, 1.807) is 6.07 Å². The van der Waals surface area contributed by atoms with Gasteiger partial charge in [0, 0.05) is 6.61 Å². The summed E-state index contributed by atoms with van der Waals surface area (Å²) < 4.78 is 5.63. The molecular weight excluding hydrogens is 254 g/mol. The van der Waals surface area contributed by atoms with Gasteiger partial charge in [-0.1, -0.05) is 12.1 Å². The van der Waals surface area contributed by atoms with Gasteiger partial charge in [0.1, 0.15) is 12.4 Å². The second-order valence-corrected chi connectivity index (χ2v) is 5.23. The molecule has 0 bridgehead atoms. The van der Waals surface area contributed by atoms with E-state index < -0.39 is 0 Å². The number of aromatic amines is 1. The van der Waals surface area contributed by atoms with Crippen molar-refractivity contribution in [1.29, 1.82) is 0 Å². The number of ether oxygens (including phenoxy) is 1. The first-order valence-electron chi connectivity index (χ1n) is 7.09. The zero-order valence-corrected chi connectivity index (χ0v) is 11.4. The lowest BCUT2D eigenvalue weighted by Gasteiger charge is -2.08. The summed E-state index contributed by atoms with van der Waals surface area (Å²) in [7, 11) is 0. The Labute approximate surface area is 117 Å². The van der Waals surface area contributed by atoms with Gasteiger partial charge in [-0.25, -0.2) is 4.98 Å². The van der Waals surface area contributed by atoms with Gasteiger partial charge in [-0.15, -0.1) is 0 Å². The molecule has 0 aliphatic carbocycles. The van der Waals surface area contributed by atoms with E-state index >= 15 is 0 Å². The molecule has 20 heavy (non-hydrogen) atoms. The third-order valence-electron chi connectivity index (χ3n) is 3.73. The highest BCUT2D eigenvalue weighted by Crippen LogP contribution is 2.12. The number of benzene rings is 1. The van der Waals surface area contributed by atoms with Gasteiger partial charge in [0.15, 0.2) is 0 Å². The second-order valence-electron chi connectivity index (χ2n) is 5.23. The number of para-hydroxylation sites is 1. The third-order valence-corrected chi connectivity index (χ3v) is 3.73. The van der Waals surface area contributed by atoms with E-state index in [0.29, 0.717) is 24.4 Å². The van der Waals surface area contributed by atoms with Gasteiger partial charge in [-0.3, -0.25) is 4.79 Å². The van der Waals surface area contributed by atoms with Crippen LogP contribution in [0.4, 0.5) is 0 Å². The maximum atomic E-state index is 11.9. The van der Waals surface area contributed by atoms with Crippen molar-refractivity contribution in [2.45, 2.75) is 19.4 Å². The van der Waals surface area contributed by atoms with Crippen LogP contribution in [-0.2, 0) is 11.3 Å². The fraction of sp³-hybridized carbons (Fsp3) is 0.467. The standard InChI is InChI=1S/C15H19N3O2/c19-15-12-3-1-2-4-13(12)17-14(18-15)10-20-8-6-11-5-7-16-9-11/h1-4,11,16H,5-10H2,(H,17,18,19). The molecule has 1 fully saturated rings. The lowest BCUT2D eigenvalue weighted by Crippen LogP contribution is -2.14. The van der Waals surface area contributed by atoms with Crippen molar-refractivity contribution in [1.82, 2.24) is 15.3 Å². The maximum absolute atomic E-state index is 11.9. The summed E-state index contributed by atoms with van der Waals surface area (Å²) in [5.74, 6) is 1.32. The van der Waals surface area contributed by atoms with Gasteiger partial charge in [-0.05, 0) is 44.0 Å². The zero-order chi connectivity index (χ0) is 13.8. The van der Waals surface area contributed by atoms with Crippen LogP contribution in [-0.4, -0.2) is 29.7 Å². The van der Waals surface area contributed by atoms with Crippen LogP contribution in [0.15, 0.2) is 29.1 Å². The van der Waals surface area contributed by atoms with E-state index in [-0.39, 0.29) is 5.56 Å². The number of nitrogens with one attached hydrogen (secondary N) is 2. The molecule has 1 unspecified atom stereocenters. The quantitative estimate of drug-likeness (QED) is 0.809. The Balaban J connectivity index is 1.58. The fourth-order valence-electron chi connectivity index (χ4n) is 2.58. The smallest absolute Gasteiger partial charge is 0.258 e. The molecule has 106 valence electrons. The van der Waals surface area contributed by atoms with Gasteiger partial charge in [0.2, 0.25) is 0 Å². The van der Waals surface area contributed by atoms with Crippen LogP contribution < -0.4 is 10.9 Å². The SMILES string of the molecule is O=c1[nH]c(COCCC2CCNC2)nc2ccccc12. The highest BCUT2D eigenvalue weighted by atomic mass is 16.5. The normalized spacial score (nSPS) is 18.7. The van der Waals surface area contributed by atoms with Crippen LogP contribution in [0.5, 0.6) is 0 Å². The van der Waals surface area contributed by atoms with Crippen molar-refractivity contribution in [3.63, 3.8) is 0 Å².